The van der Waals surface area contributed by atoms with E-state index in [9.17, 15) is 14.9 Å². The van der Waals surface area contributed by atoms with E-state index < -0.39 is 17.4 Å². The van der Waals surface area contributed by atoms with Crippen molar-refractivity contribution in [3.05, 3.63) is 63.2 Å². The number of benzene rings is 2. The zero-order chi connectivity index (χ0) is 16.8. The minimum Gasteiger partial charge on any atom is -0.482 e. The summed E-state index contributed by atoms with van der Waals surface area (Å²) in [6, 6.07) is 12.3. The quantitative estimate of drug-likeness (QED) is 0.669. The van der Waals surface area contributed by atoms with Gasteiger partial charge in [-0.25, -0.2) is 0 Å². The second-order valence-corrected chi connectivity index (χ2v) is 4.80. The first-order valence-corrected chi connectivity index (χ1v) is 6.75. The van der Waals surface area contributed by atoms with Gasteiger partial charge in [0.15, 0.2) is 6.61 Å². The first-order chi connectivity index (χ1) is 11.0. The summed E-state index contributed by atoms with van der Waals surface area (Å²) in [4.78, 5) is 22.2. The molecule has 0 aromatic heterocycles. The van der Waals surface area contributed by atoms with Crippen LogP contribution in [0.15, 0.2) is 42.5 Å². The van der Waals surface area contributed by atoms with Gasteiger partial charge in [0.05, 0.1) is 10.5 Å². The fraction of sp³-hybridized carbons (Fsp3) is 0.0667. The highest BCUT2D eigenvalue weighted by atomic mass is 35.5. The number of anilines is 1. The summed E-state index contributed by atoms with van der Waals surface area (Å²) < 4.78 is 5.26. The van der Waals surface area contributed by atoms with E-state index in [1.54, 1.807) is 24.3 Å². The van der Waals surface area contributed by atoms with Crippen molar-refractivity contribution < 1.29 is 14.5 Å². The molecule has 2 aromatic rings. The van der Waals surface area contributed by atoms with Crippen molar-refractivity contribution >= 4 is 28.9 Å². The Kier molecular flexibility index (Phi) is 5.12. The van der Waals surface area contributed by atoms with Crippen molar-refractivity contribution in [1.29, 1.82) is 5.26 Å². The number of nitriles is 1. The van der Waals surface area contributed by atoms with Crippen molar-refractivity contribution in [2.45, 2.75) is 0 Å². The van der Waals surface area contributed by atoms with Crippen molar-refractivity contribution in [2.24, 2.45) is 0 Å². The molecule has 0 aliphatic rings. The predicted molar refractivity (Wildman–Crippen MR) is 83.4 cm³/mol. The normalized spacial score (nSPS) is 9.74. The second kappa shape index (κ2) is 7.24. The van der Waals surface area contributed by atoms with Crippen molar-refractivity contribution in [1.82, 2.24) is 0 Å². The fourth-order valence-electron chi connectivity index (χ4n) is 1.78. The Morgan fingerprint density at radius 2 is 2.09 bits per heavy atom. The van der Waals surface area contributed by atoms with Crippen LogP contribution < -0.4 is 10.1 Å². The van der Waals surface area contributed by atoms with Gasteiger partial charge in [-0.2, -0.15) is 5.26 Å². The van der Waals surface area contributed by atoms with E-state index in [4.69, 9.17) is 21.6 Å². The number of para-hydroxylation sites is 1. The first kappa shape index (κ1) is 16.3. The molecule has 0 bridgehead atoms. The molecule has 0 heterocycles. The van der Waals surface area contributed by atoms with Crippen LogP contribution in [-0.2, 0) is 4.79 Å². The maximum atomic E-state index is 11.9. The third-order valence-electron chi connectivity index (χ3n) is 2.80. The summed E-state index contributed by atoms with van der Waals surface area (Å²) in [5.74, 6) is -0.334. The second-order valence-electron chi connectivity index (χ2n) is 4.36. The lowest BCUT2D eigenvalue weighted by Crippen LogP contribution is -2.21. The fourth-order valence-corrected chi connectivity index (χ4v) is 1.94. The van der Waals surface area contributed by atoms with Crippen LogP contribution in [0.4, 0.5) is 11.4 Å². The summed E-state index contributed by atoms with van der Waals surface area (Å²) in [6.07, 6.45) is 0. The molecule has 2 aromatic carbocycles. The topological polar surface area (TPSA) is 105 Å². The highest BCUT2D eigenvalue weighted by Crippen LogP contribution is 2.27. The third-order valence-corrected chi connectivity index (χ3v) is 3.03. The van der Waals surface area contributed by atoms with Crippen LogP contribution in [0.2, 0.25) is 5.02 Å². The van der Waals surface area contributed by atoms with Crippen LogP contribution in [0.25, 0.3) is 0 Å². The monoisotopic (exact) mass is 331 g/mol. The van der Waals surface area contributed by atoms with E-state index in [0.29, 0.717) is 0 Å². The van der Waals surface area contributed by atoms with Gasteiger partial charge in [0.2, 0.25) is 0 Å². The number of nitro benzene ring substituents is 1. The molecule has 2 rings (SSSR count). The number of rotatable bonds is 5. The number of nitrogens with zero attached hydrogens (tertiary/aromatic N) is 2. The predicted octanol–water partition coefficient (Wildman–Crippen LogP) is 3.14. The molecule has 0 aliphatic carbocycles. The average Bonchev–Trinajstić information content (AvgIpc) is 2.54. The minimum atomic E-state index is -0.646. The molecular formula is C15H10ClN3O4. The highest BCUT2D eigenvalue weighted by Gasteiger charge is 2.17. The number of ether oxygens (including phenoxy) is 1. The number of halogens is 1. The summed E-state index contributed by atoms with van der Waals surface area (Å²) >= 11 is 5.70. The number of amides is 1. The van der Waals surface area contributed by atoms with Gasteiger partial charge in [-0.05, 0) is 24.3 Å². The molecule has 0 atom stereocenters. The van der Waals surface area contributed by atoms with Crippen LogP contribution >= 0.6 is 11.6 Å². The standard InChI is InChI=1S/C15H10ClN3O4/c16-11-5-6-12(13(7-11)19(21)22)18-15(20)9-23-14-4-2-1-3-10(14)8-17/h1-7H,9H2,(H,18,20). The van der Waals surface area contributed by atoms with Gasteiger partial charge in [-0.1, -0.05) is 23.7 Å². The zero-order valence-electron chi connectivity index (χ0n) is 11.7. The molecular weight excluding hydrogens is 322 g/mol. The Balaban J connectivity index is 2.06. The lowest BCUT2D eigenvalue weighted by atomic mass is 10.2. The smallest absolute Gasteiger partial charge is 0.294 e. The summed E-state index contributed by atoms with van der Waals surface area (Å²) in [7, 11) is 0. The third kappa shape index (κ3) is 4.18. The SMILES string of the molecule is N#Cc1ccccc1OCC(=O)Nc1ccc(Cl)cc1[N+](=O)[O-]. The average molecular weight is 332 g/mol. The molecule has 1 N–H and O–H groups in total. The van der Waals surface area contributed by atoms with E-state index in [0.717, 1.165) is 6.07 Å². The van der Waals surface area contributed by atoms with Gasteiger partial charge in [-0.3, -0.25) is 14.9 Å². The van der Waals surface area contributed by atoms with E-state index in [1.165, 1.54) is 12.1 Å². The number of carbonyl (C=O) groups is 1. The molecule has 7 nitrogen and oxygen atoms in total. The van der Waals surface area contributed by atoms with Crippen molar-refractivity contribution in [3.8, 4) is 11.8 Å². The largest absolute Gasteiger partial charge is 0.482 e. The van der Waals surface area contributed by atoms with E-state index in [1.807, 2.05) is 6.07 Å². The van der Waals surface area contributed by atoms with Crippen LogP contribution in [0.3, 0.4) is 0 Å². The van der Waals surface area contributed by atoms with Crippen LogP contribution in [0, 0.1) is 21.4 Å². The molecule has 8 heteroatoms. The number of hydrogen-bond donors (Lipinski definition) is 1. The molecule has 0 spiro atoms. The molecule has 0 saturated heterocycles. The highest BCUT2D eigenvalue weighted by molar-refractivity contribution is 6.31. The van der Waals surface area contributed by atoms with Crippen LogP contribution in [0.5, 0.6) is 5.75 Å². The maximum absolute atomic E-state index is 11.9. The summed E-state index contributed by atoms with van der Waals surface area (Å²) in [6.45, 7) is -0.390. The summed E-state index contributed by atoms with van der Waals surface area (Å²) in [5.41, 5.74) is -0.0115. The molecule has 116 valence electrons. The summed E-state index contributed by atoms with van der Waals surface area (Å²) in [5, 5.41) is 22.4. The van der Waals surface area contributed by atoms with Gasteiger partial charge in [0.1, 0.15) is 17.5 Å². The Morgan fingerprint density at radius 3 is 2.78 bits per heavy atom. The van der Waals surface area contributed by atoms with Gasteiger partial charge in [0.25, 0.3) is 11.6 Å². The number of carbonyl (C=O) groups excluding carboxylic acids is 1. The number of nitro groups is 1. The van der Waals surface area contributed by atoms with Crippen LogP contribution in [-0.4, -0.2) is 17.4 Å². The van der Waals surface area contributed by atoms with Crippen LogP contribution in [0.1, 0.15) is 5.56 Å². The van der Waals surface area contributed by atoms with E-state index in [-0.39, 0.29) is 27.7 Å². The van der Waals surface area contributed by atoms with E-state index >= 15 is 0 Å². The Bertz CT molecular complexity index is 802. The Labute approximate surface area is 136 Å². The van der Waals surface area contributed by atoms with Gasteiger partial charge in [0, 0.05) is 11.1 Å². The maximum Gasteiger partial charge on any atom is 0.294 e. The Morgan fingerprint density at radius 1 is 1.35 bits per heavy atom. The molecule has 23 heavy (non-hydrogen) atoms. The number of hydrogen-bond acceptors (Lipinski definition) is 5. The van der Waals surface area contributed by atoms with Gasteiger partial charge >= 0.3 is 0 Å². The molecule has 0 unspecified atom stereocenters. The molecule has 0 radical (unpaired) electrons. The number of nitrogens with one attached hydrogen (secondary N) is 1. The van der Waals surface area contributed by atoms with E-state index in [2.05, 4.69) is 5.32 Å². The van der Waals surface area contributed by atoms with Gasteiger partial charge in [-0.15, -0.1) is 0 Å². The zero-order valence-corrected chi connectivity index (χ0v) is 12.4. The van der Waals surface area contributed by atoms with Crippen molar-refractivity contribution in [3.63, 3.8) is 0 Å². The van der Waals surface area contributed by atoms with Crippen molar-refractivity contribution in [2.75, 3.05) is 11.9 Å². The van der Waals surface area contributed by atoms with Gasteiger partial charge < -0.3 is 10.1 Å². The first-order valence-electron chi connectivity index (χ1n) is 6.37. The Hall–Kier alpha value is -3.11. The molecule has 0 aliphatic heterocycles. The lowest BCUT2D eigenvalue weighted by molar-refractivity contribution is -0.383. The molecule has 1 amide bonds. The lowest BCUT2D eigenvalue weighted by Gasteiger charge is -2.09. The minimum absolute atomic E-state index is 0.0153. The molecule has 0 saturated carbocycles. The molecule has 0 fully saturated rings.